The summed E-state index contributed by atoms with van der Waals surface area (Å²) in [5.74, 6) is -1.23. The van der Waals surface area contributed by atoms with Gasteiger partial charge in [0.25, 0.3) is 0 Å². The van der Waals surface area contributed by atoms with Gasteiger partial charge < -0.3 is 15.9 Å². The van der Waals surface area contributed by atoms with Crippen LogP contribution in [0.1, 0.15) is 6.92 Å². The van der Waals surface area contributed by atoms with Crippen LogP contribution in [0.3, 0.4) is 0 Å². The lowest BCUT2D eigenvalue weighted by molar-refractivity contribution is -0.140. The van der Waals surface area contributed by atoms with E-state index in [0.717, 1.165) is 0 Å². The van der Waals surface area contributed by atoms with Crippen molar-refractivity contribution in [2.75, 3.05) is 0 Å². The number of hydrogen-bond donors (Lipinski definition) is 3. The fraction of sp³-hybridized carbons (Fsp3) is 0.300. The van der Waals surface area contributed by atoms with E-state index in [9.17, 15) is 9.90 Å². The summed E-state index contributed by atoms with van der Waals surface area (Å²) < 4.78 is 0. The highest BCUT2D eigenvalue weighted by atomic mass is 16.4. The molecule has 0 fully saturated rings. The van der Waals surface area contributed by atoms with Crippen molar-refractivity contribution in [3.63, 3.8) is 0 Å². The van der Waals surface area contributed by atoms with Crippen LogP contribution in [0.5, 0.6) is 0 Å². The predicted octanol–water partition coefficient (Wildman–Crippen LogP) is 0.448. The Kier molecular flexibility index (Phi) is 5.52. The Hall–Kier alpha value is -1.39. The van der Waals surface area contributed by atoms with Gasteiger partial charge in [0.1, 0.15) is 12.1 Å². The molecule has 78 valence electrons. The molecule has 0 aliphatic heterocycles. The van der Waals surface area contributed by atoms with Crippen molar-refractivity contribution in [3.05, 3.63) is 36.5 Å². The Morgan fingerprint density at radius 2 is 2.14 bits per heavy atom. The van der Waals surface area contributed by atoms with Gasteiger partial charge in [-0.3, -0.25) is 4.79 Å². The zero-order valence-corrected chi connectivity index (χ0v) is 8.05. The monoisotopic (exact) mass is 197 g/mol. The summed E-state index contributed by atoms with van der Waals surface area (Å²) in [4.78, 5) is 10.5. The SMILES string of the molecule is C=C/C=C\C(=C/C)C(O)C(N)C(=O)O. The summed E-state index contributed by atoms with van der Waals surface area (Å²) in [7, 11) is 0. The van der Waals surface area contributed by atoms with E-state index in [-0.39, 0.29) is 0 Å². The lowest BCUT2D eigenvalue weighted by Crippen LogP contribution is -2.42. The minimum Gasteiger partial charge on any atom is -0.480 e. The number of carboxylic acids is 1. The zero-order valence-electron chi connectivity index (χ0n) is 8.05. The van der Waals surface area contributed by atoms with Crippen LogP contribution in [0.2, 0.25) is 0 Å². The molecule has 4 N–H and O–H groups in total. The van der Waals surface area contributed by atoms with E-state index in [4.69, 9.17) is 10.8 Å². The fourth-order valence-corrected chi connectivity index (χ4v) is 0.887. The van der Waals surface area contributed by atoms with Crippen LogP contribution in [0, 0.1) is 0 Å². The smallest absolute Gasteiger partial charge is 0.323 e. The maximum absolute atomic E-state index is 10.5. The molecule has 0 aliphatic rings. The molecule has 0 aliphatic carbocycles. The quantitative estimate of drug-likeness (QED) is 0.559. The first-order valence-electron chi connectivity index (χ1n) is 4.16. The Morgan fingerprint density at radius 3 is 2.50 bits per heavy atom. The van der Waals surface area contributed by atoms with Crippen molar-refractivity contribution in [2.24, 2.45) is 5.73 Å². The van der Waals surface area contributed by atoms with Crippen molar-refractivity contribution >= 4 is 5.97 Å². The molecule has 0 saturated heterocycles. The third kappa shape index (κ3) is 3.55. The van der Waals surface area contributed by atoms with E-state index >= 15 is 0 Å². The number of rotatable bonds is 5. The molecule has 0 rings (SSSR count). The van der Waals surface area contributed by atoms with Crippen LogP contribution in [0.4, 0.5) is 0 Å². The average molecular weight is 197 g/mol. The highest BCUT2D eigenvalue weighted by Gasteiger charge is 2.23. The molecule has 0 bridgehead atoms. The summed E-state index contributed by atoms with van der Waals surface area (Å²) in [5, 5.41) is 18.1. The zero-order chi connectivity index (χ0) is 11.1. The standard InChI is InChI=1S/C10H15NO3/c1-3-5-6-7(4-2)9(12)8(11)10(13)14/h3-6,8-9,12H,1,11H2,2H3,(H,13,14)/b6-5-,7-4+. The number of aliphatic hydroxyl groups excluding tert-OH is 1. The molecule has 0 saturated carbocycles. The van der Waals surface area contributed by atoms with Crippen LogP contribution >= 0.6 is 0 Å². The number of nitrogens with two attached hydrogens (primary N) is 1. The Morgan fingerprint density at radius 1 is 1.57 bits per heavy atom. The maximum Gasteiger partial charge on any atom is 0.323 e. The van der Waals surface area contributed by atoms with Crippen LogP contribution in [-0.4, -0.2) is 28.3 Å². The van der Waals surface area contributed by atoms with Gasteiger partial charge in [0.2, 0.25) is 0 Å². The van der Waals surface area contributed by atoms with Crippen LogP contribution in [-0.2, 0) is 4.79 Å². The summed E-state index contributed by atoms with van der Waals surface area (Å²) in [5.41, 5.74) is 5.72. The van der Waals surface area contributed by atoms with E-state index < -0.39 is 18.1 Å². The summed E-state index contributed by atoms with van der Waals surface area (Å²) >= 11 is 0. The van der Waals surface area contributed by atoms with Gasteiger partial charge in [0.15, 0.2) is 0 Å². The number of hydrogen-bond acceptors (Lipinski definition) is 3. The Balaban J connectivity index is 4.63. The number of aliphatic hydroxyl groups is 1. The van der Waals surface area contributed by atoms with E-state index in [2.05, 4.69) is 6.58 Å². The lowest BCUT2D eigenvalue weighted by Gasteiger charge is -2.15. The first-order valence-corrected chi connectivity index (χ1v) is 4.16. The number of aliphatic carboxylic acids is 1. The summed E-state index contributed by atoms with van der Waals surface area (Å²) in [6, 6.07) is -1.31. The molecule has 0 spiro atoms. The first kappa shape index (κ1) is 12.6. The Bertz CT molecular complexity index is 269. The van der Waals surface area contributed by atoms with E-state index in [1.165, 1.54) is 6.08 Å². The van der Waals surface area contributed by atoms with E-state index in [1.54, 1.807) is 25.2 Å². The molecule has 2 atom stereocenters. The van der Waals surface area contributed by atoms with Crippen molar-refractivity contribution in [1.29, 1.82) is 0 Å². The van der Waals surface area contributed by atoms with Crippen molar-refractivity contribution < 1.29 is 15.0 Å². The molecule has 0 amide bonds. The predicted molar refractivity (Wildman–Crippen MR) is 54.7 cm³/mol. The lowest BCUT2D eigenvalue weighted by atomic mass is 10.0. The van der Waals surface area contributed by atoms with E-state index in [1.807, 2.05) is 0 Å². The second-order valence-corrected chi connectivity index (χ2v) is 2.69. The molecule has 0 aromatic heterocycles. The second kappa shape index (κ2) is 6.12. The summed E-state index contributed by atoms with van der Waals surface area (Å²) in [6.07, 6.45) is 5.11. The molecule has 0 heterocycles. The Labute approximate surface area is 83.0 Å². The highest BCUT2D eigenvalue weighted by molar-refractivity contribution is 5.74. The molecule has 2 unspecified atom stereocenters. The van der Waals surface area contributed by atoms with Crippen molar-refractivity contribution in [3.8, 4) is 0 Å². The van der Waals surface area contributed by atoms with Crippen LogP contribution < -0.4 is 5.73 Å². The van der Waals surface area contributed by atoms with Crippen molar-refractivity contribution in [2.45, 2.75) is 19.1 Å². The first-order chi connectivity index (χ1) is 6.54. The van der Waals surface area contributed by atoms with Gasteiger partial charge in [-0.25, -0.2) is 0 Å². The second-order valence-electron chi connectivity index (χ2n) is 2.69. The number of carbonyl (C=O) groups is 1. The topological polar surface area (TPSA) is 83.5 Å². The van der Waals surface area contributed by atoms with Gasteiger partial charge in [-0.1, -0.05) is 30.9 Å². The van der Waals surface area contributed by atoms with Gasteiger partial charge in [-0.15, -0.1) is 0 Å². The summed E-state index contributed by atoms with van der Waals surface area (Å²) in [6.45, 7) is 5.16. The molecule has 4 nitrogen and oxygen atoms in total. The molecule has 0 aromatic carbocycles. The van der Waals surface area contributed by atoms with Gasteiger partial charge in [-0.05, 0) is 12.5 Å². The van der Waals surface area contributed by atoms with Gasteiger partial charge in [0.05, 0.1) is 0 Å². The van der Waals surface area contributed by atoms with Crippen LogP contribution in [0.15, 0.2) is 36.5 Å². The minimum absolute atomic E-state index is 0.458. The largest absolute Gasteiger partial charge is 0.480 e. The average Bonchev–Trinajstić information content (AvgIpc) is 2.17. The molecule has 14 heavy (non-hydrogen) atoms. The molecular weight excluding hydrogens is 182 g/mol. The van der Waals surface area contributed by atoms with Gasteiger partial charge in [-0.2, -0.15) is 0 Å². The molecule has 0 aromatic rings. The third-order valence-corrected chi connectivity index (χ3v) is 1.72. The number of carboxylic acid groups (broad SMARTS) is 1. The normalized spacial score (nSPS) is 16.6. The number of allylic oxidation sites excluding steroid dienone is 3. The fourth-order valence-electron chi connectivity index (χ4n) is 0.887. The van der Waals surface area contributed by atoms with Gasteiger partial charge in [0, 0.05) is 0 Å². The highest BCUT2D eigenvalue weighted by Crippen LogP contribution is 2.07. The molecular formula is C10H15NO3. The van der Waals surface area contributed by atoms with Crippen LogP contribution in [0.25, 0.3) is 0 Å². The molecule has 4 heteroatoms. The van der Waals surface area contributed by atoms with Crippen molar-refractivity contribution in [1.82, 2.24) is 0 Å². The maximum atomic E-state index is 10.5. The molecule has 0 radical (unpaired) electrons. The van der Waals surface area contributed by atoms with Gasteiger partial charge >= 0.3 is 5.97 Å². The minimum atomic E-state index is -1.31. The van der Waals surface area contributed by atoms with E-state index in [0.29, 0.717) is 5.57 Å². The third-order valence-electron chi connectivity index (χ3n) is 1.72.